The average Bonchev–Trinajstić information content (AvgIpc) is 2.89. The fraction of sp³-hybridized carbons (Fsp3) is 0.350. The van der Waals surface area contributed by atoms with Crippen LogP contribution in [0.5, 0.6) is 0 Å². The van der Waals surface area contributed by atoms with Crippen LogP contribution in [0.15, 0.2) is 33.9 Å². The summed E-state index contributed by atoms with van der Waals surface area (Å²) in [5.41, 5.74) is 1.67. The van der Waals surface area contributed by atoms with Gasteiger partial charge in [0.05, 0.1) is 16.8 Å². The number of aromatic nitrogens is 4. The fourth-order valence-electron chi connectivity index (χ4n) is 3.72. The van der Waals surface area contributed by atoms with Crippen molar-refractivity contribution in [1.29, 1.82) is 0 Å². The van der Waals surface area contributed by atoms with Crippen molar-refractivity contribution in [3.05, 3.63) is 67.7 Å². The number of H-pyrrole nitrogens is 1. The molecule has 0 spiro atoms. The van der Waals surface area contributed by atoms with E-state index in [1.54, 1.807) is 24.0 Å². The second kappa shape index (κ2) is 7.03. The maximum atomic E-state index is 12.8. The zero-order chi connectivity index (χ0) is 19.8. The van der Waals surface area contributed by atoms with Gasteiger partial charge in [0.25, 0.3) is 11.1 Å². The van der Waals surface area contributed by atoms with Crippen LogP contribution in [0, 0.1) is 13.8 Å². The maximum absolute atomic E-state index is 12.8. The number of hydrogen-bond donors (Lipinski definition) is 1. The lowest BCUT2D eigenvalue weighted by molar-refractivity contribution is -0.132. The molecular weight excluding hydrogens is 358 g/mol. The number of nitrogens with zero attached hydrogens (tertiary/aromatic N) is 4. The van der Waals surface area contributed by atoms with Crippen molar-refractivity contribution in [3.8, 4) is 0 Å². The first kappa shape index (κ1) is 18.1. The molecule has 0 bridgehead atoms. The van der Waals surface area contributed by atoms with Gasteiger partial charge in [0.2, 0.25) is 5.91 Å². The number of aromatic amines is 1. The molecule has 0 fully saturated rings. The van der Waals surface area contributed by atoms with E-state index in [0.717, 1.165) is 11.1 Å². The third kappa shape index (κ3) is 3.21. The predicted molar refractivity (Wildman–Crippen MR) is 104 cm³/mol. The van der Waals surface area contributed by atoms with Crippen molar-refractivity contribution in [2.24, 2.45) is 0 Å². The quantitative estimate of drug-likeness (QED) is 0.707. The first-order chi connectivity index (χ1) is 13.4. The molecular formula is C20H21N5O3. The van der Waals surface area contributed by atoms with Crippen LogP contribution in [0.25, 0.3) is 10.8 Å². The Hall–Kier alpha value is -3.29. The van der Waals surface area contributed by atoms with Crippen LogP contribution in [0.3, 0.4) is 0 Å². The molecule has 1 aliphatic rings. The number of carbonyl (C=O) groups is 1. The predicted octanol–water partition coefficient (Wildman–Crippen LogP) is 0.724. The average molecular weight is 379 g/mol. The molecule has 1 aliphatic heterocycles. The summed E-state index contributed by atoms with van der Waals surface area (Å²) in [5.74, 6) is 0.385. The van der Waals surface area contributed by atoms with Crippen molar-refractivity contribution in [2.45, 2.75) is 33.2 Å². The molecule has 1 aromatic carbocycles. The van der Waals surface area contributed by atoms with Gasteiger partial charge in [-0.05, 0) is 26.3 Å². The van der Waals surface area contributed by atoms with Gasteiger partial charge in [-0.15, -0.1) is 0 Å². The SMILES string of the molecule is Cc1nc2c(c(=O)[nH]1)CCN(C(=O)Cn1nc(C)c3ccccc3c1=O)CC2. The van der Waals surface area contributed by atoms with Crippen molar-refractivity contribution >= 4 is 16.7 Å². The first-order valence-corrected chi connectivity index (χ1v) is 9.27. The molecule has 3 aromatic rings. The minimum absolute atomic E-state index is 0.121. The molecule has 0 atom stereocenters. The van der Waals surface area contributed by atoms with Gasteiger partial charge in [0, 0.05) is 30.5 Å². The summed E-state index contributed by atoms with van der Waals surface area (Å²) in [5, 5.41) is 5.66. The maximum Gasteiger partial charge on any atom is 0.275 e. The van der Waals surface area contributed by atoms with E-state index in [2.05, 4.69) is 15.1 Å². The van der Waals surface area contributed by atoms with E-state index in [4.69, 9.17) is 0 Å². The van der Waals surface area contributed by atoms with Gasteiger partial charge in [-0.2, -0.15) is 5.10 Å². The number of fused-ring (bicyclic) bond motifs is 2. The van der Waals surface area contributed by atoms with Crippen molar-refractivity contribution in [1.82, 2.24) is 24.6 Å². The molecule has 0 radical (unpaired) electrons. The number of hydrogen-bond acceptors (Lipinski definition) is 5. The second-order valence-electron chi connectivity index (χ2n) is 7.05. The molecule has 28 heavy (non-hydrogen) atoms. The molecule has 2 aromatic heterocycles. The number of nitrogens with one attached hydrogen (secondary N) is 1. The van der Waals surface area contributed by atoms with Gasteiger partial charge in [0.1, 0.15) is 12.4 Å². The Bertz CT molecular complexity index is 1190. The third-order valence-corrected chi connectivity index (χ3v) is 5.16. The summed E-state index contributed by atoms with van der Waals surface area (Å²) in [6, 6.07) is 7.26. The summed E-state index contributed by atoms with van der Waals surface area (Å²) in [6.45, 7) is 4.33. The van der Waals surface area contributed by atoms with E-state index < -0.39 is 0 Å². The van der Waals surface area contributed by atoms with Gasteiger partial charge in [-0.3, -0.25) is 14.4 Å². The summed E-state index contributed by atoms with van der Waals surface area (Å²) < 4.78 is 1.23. The van der Waals surface area contributed by atoms with Gasteiger partial charge in [-0.25, -0.2) is 9.67 Å². The highest BCUT2D eigenvalue weighted by molar-refractivity contribution is 5.83. The van der Waals surface area contributed by atoms with Gasteiger partial charge in [0.15, 0.2) is 0 Å². The summed E-state index contributed by atoms with van der Waals surface area (Å²) >= 11 is 0. The van der Waals surface area contributed by atoms with Crippen LogP contribution < -0.4 is 11.1 Å². The largest absolute Gasteiger partial charge is 0.340 e. The van der Waals surface area contributed by atoms with E-state index >= 15 is 0 Å². The molecule has 1 N–H and O–H groups in total. The lowest BCUT2D eigenvalue weighted by Crippen LogP contribution is -2.39. The summed E-state index contributed by atoms with van der Waals surface area (Å²) in [6.07, 6.45) is 0.966. The van der Waals surface area contributed by atoms with Crippen LogP contribution in [0.4, 0.5) is 0 Å². The van der Waals surface area contributed by atoms with Gasteiger partial charge < -0.3 is 9.88 Å². The van der Waals surface area contributed by atoms with Crippen LogP contribution >= 0.6 is 0 Å². The topological polar surface area (TPSA) is 101 Å². The van der Waals surface area contributed by atoms with E-state index in [-0.39, 0.29) is 23.6 Å². The molecule has 0 unspecified atom stereocenters. The Balaban J connectivity index is 1.58. The Morgan fingerprint density at radius 1 is 1.11 bits per heavy atom. The Kier molecular flexibility index (Phi) is 4.54. The highest BCUT2D eigenvalue weighted by atomic mass is 16.2. The van der Waals surface area contributed by atoms with E-state index in [9.17, 15) is 14.4 Å². The number of amides is 1. The van der Waals surface area contributed by atoms with Crippen molar-refractivity contribution in [3.63, 3.8) is 0 Å². The van der Waals surface area contributed by atoms with E-state index in [1.165, 1.54) is 4.68 Å². The molecule has 0 saturated carbocycles. The molecule has 3 heterocycles. The molecule has 1 amide bonds. The molecule has 144 valence electrons. The number of aryl methyl sites for hydroxylation is 2. The Morgan fingerprint density at radius 2 is 1.82 bits per heavy atom. The van der Waals surface area contributed by atoms with Gasteiger partial charge in [-0.1, -0.05) is 18.2 Å². The highest BCUT2D eigenvalue weighted by Gasteiger charge is 2.22. The lowest BCUT2D eigenvalue weighted by Gasteiger charge is -2.20. The van der Waals surface area contributed by atoms with E-state index in [0.29, 0.717) is 48.4 Å². The van der Waals surface area contributed by atoms with E-state index in [1.807, 2.05) is 19.1 Å². The van der Waals surface area contributed by atoms with Crippen molar-refractivity contribution in [2.75, 3.05) is 13.1 Å². The normalized spacial score (nSPS) is 14.0. The standard InChI is InChI=1S/C20H21N5O3/c1-12-14-5-3-4-6-15(14)20(28)25(23-12)11-18(26)24-9-7-16-17(8-10-24)21-13(2)22-19(16)27/h3-6H,7-11H2,1-2H3,(H,21,22,27). The highest BCUT2D eigenvalue weighted by Crippen LogP contribution is 2.13. The minimum Gasteiger partial charge on any atom is -0.340 e. The summed E-state index contributed by atoms with van der Waals surface area (Å²) in [4.78, 5) is 46.5. The number of rotatable bonds is 2. The number of benzene rings is 1. The smallest absolute Gasteiger partial charge is 0.275 e. The molecule has 0 aliphatic carbocycles. The Morgan fingerprint density at radius 3 is 2.61 bits per heavy atom. The molecule has 4 rings (SSSR count). The van der Waals surface area contributed by atoms with Gasteiger partial charge >= 0.3 is 0 Å². The zero-order valence-electron chi connectivity index (χ0n) is 15.9. The lowest BCUT2D eigenvalue weighted by atomic mass is 10.1. The van der Waals surface area contributed by atoms with Crippen molar-refractivity contribution < 1.29 is 4.79 Å². The monoisotopic (exact) mass is 379 g/mol. The van der Waals surface area contributed by atoms with Crippen LogP contribution in [0.2, 0.25) is 0 Å². The molecule has 0 saturated heterocycles. The second-order valence-corrected chi connectivity index (χ2v) is 7.05. The zero-order valence-corrected chi connectivity index (χ0v) is 15.9. The van der Waals surface area contributed by atoms with Crippen LogP contribution in [0.1, 0.15) is 22.8 Å². The summed E-state index contributed by atoms with van der Waals surface area (Å²) in [7, 11) is 0. The van der Waals surface area contributed by atoms with Crippen LogP contribution in [-0.4, -0.2) is 43.6 Å². The number of carbonyl (C=O) groups excluding carboxylic acids is 1. The third-order valence-electron chi connectivity index (χ3n) is 5.16. The minimum atomic E-state index is -0.276. The van der Waals surface area contributed by atoms with Crippen LogP contribution in [-0.2, 0) is 24.2 Å². The molecule has 8 nitrogen and oxygen atoms in total. The molecule has 8 heteroatoms. The Labute approximate surface area is 160 Å². The fourth-order valence-corrected chi connectivity index (χ4v) is 3.72. The first-order valence-electron chi connectivity index (χ1n) is 9.27.